The summed E-state index contributed by atoms with van der Waals surface area (Å²) >= 11 is 6.42. The van der Waals surface area contributed by atoms with Crippen LogP contribution in [-0.4, -0.2) is 61.4 Å². The molecule has 0 aromatic heterocycles. The van der Waals surface area contributed by atoms with Gasteiger partial charge >= 0.3 is 6.09 Å². The van der Waals surface area contributed by atoms with Crippen molar-refractivity contribution in [1.82, 2.24) is 10.2 Å². The predicted molar refractivity (Wildman–Crippen MR) is 175 cm³/mol. The molecule has 0 atom stereocenters. The van der Waals surface area contributed by atoms with Gasteiger partial charge in [-0.3, -0.25) is 14.7 Å². The van der Waals surface area contributed by atoms with E-state index in [1.54, 1.807) is 6.07 Å². The molecule has 0 spiro atoms. The van der Waals surface area contributed by atoms with Gasteiger partial charge in [-0.05, 0) is 127 Å². The summed E-state index contributed by atoms with van der Waals surface area (Å²) in [6, 6.07) is 12.7. The van der Waals surface area contributed by atoms with E-state index in [1.807, 2.05) is 40.0 Å². The first-order chi connectivity index (χ1) is 20.4. The van der Waals surface area contributed by atoms with Crippen LogP contribution >= 0.6 is 11.6 Å². The van der Waals surface area contributed by atoms with Crippen molar-refractivity contribution in [2.75, 3.05) is 31.6 Å². The van der Waals surface area contributed by atoms with E-state index in [4.69, 9.17) is 21.3 Å². The molecule has 43 heavy (non-hydrogen) atoms. The summed E-state index contributed by atoms with van der Waals surface area (Å²) in [5, 5.41) is 3.51. The molecular weight excluding hydrogens is 560 g/mol. The first-order valence-corrected chi connectivity index (χ1v) is 16.2. The average Bonchev–Trinajstić information content (AvgIpc) is 3.18. The number of ether oxygens (including phenoxy) is 1. The van der Waals surface area contributed by atoms with Crippen LogP contribution in [0, 0.1) is 5.92 Å². The largest absolute Gasteiger partial charge is 0.444 e. The van der Waals surface area contributed by atoms with E-state index >= 15 is 0 Å². The Hall–Kier alpha value is -2.90. The van der Waals surface area contributed by atoms with Gasteiger partial charge in [-0.1, -0.05) is 29.8 Å². The van der Waals surface area contributed by atoms with Crippen molar-refractivity contribution in [1.29, 1.82) is 0 Å². The first-order valence-electron chi connectivity index (χ1n) is 15.8. The molecule has 1 saturated carbocycles. The van der Waals surface area contributed by atoms with Crippen molar-refractivity contribution in [2.24, 2.45) is 10.9 Å². The van der Waals surface area contributed by atoms with Crippen LogP contribution in [0.1, 0.15) is 101 Å². The van der Waals surface area contributed by atoms with E-state index in [0.29, 0.717) is 22.4 Å². The van der Waals surface area contributed by atoms with E-state index < -0.39 is 5.60 Å². The highest BCUT2D eigenvalue weighted by Gasteiger charge is 2.43. The fourth-order valence-electron chi connectivity index (χ4n) is 7.26. The minimum absolute atomic E-state index is 0.221. The lowest BCUT2D eigenvalue weighted by molar-refractivity contribution is 0.0482. The maximum atomic E-state index is 12.2. The lowest BCUT2D eigenvalue weighted by Gasteiger charge is -2.37. The molecule has 5 rings (SSSR count). The fourth-order valence-corrected chi connectivity index (χ4v) is 7.47. The van der Waals surface area contributed by atoms with Gasteiger partial charge in [0.15, 0.2) is 6.29 Å². The molecule has 1 amide bonds. The summed E-state index contributed by atoms with van der Waals surface area (Å²) in [7, 11) is 1.82. The Morgan fingerprint density at radius 2 is 1.77 bits per heavy atom. The van der Waals surface area contributed by atoms with Crippen LogP contribution in [0.15, 0.2) is 41.4 Å². The summed E-state index contributed by atoms with van der Waals surface area (Å²) < 4.78 is 5.44. The molecule has 232 valence electrons. The molecule has 7 nitrogen and oxygen atoms in total. The Bertz CT molecular complexity index is 1370. The van der Waals surface area contributed by atoms with Crippen molar-refractivity contribution < 1.29 is 14.3 Å². The van der Waals surface area contributed by atoms with Gasteiger partial charge in [0, 0.05) is 25.0 Å². The number of benzene rings is 2. The topological polar surface area (TPSA) is 74.2 Å². The number of rotatable bonds is 6. The van der Waals surface area contributed by atoms with E-state index in [2.05, 4.69) is 47.2 Å². The van der Waals surface area contributed by atoms with Crippen molar-refractivity contribution in [3.8, 4) is 0 Å². The third kappa shape index (κ3) is 6.78. The number of amidine groups is 1. The molecule has 0 bridgehead atoms. The lowest BCUT2D eigenvalue weighted by atomic mass is 9.81. The zero-order valence-electron chi connectivity index (χ0n) is 26.6. The number of piperidine rings is 1. The molecule has 2 aromatic rings. The Kier molecular flexibility index (Phi) is 9.24. The van der Waals surface area contributed by atoms with Gasteiger partial charge in [-0.25, -0.2) is 4.79 Å². The zero-order valence-corrected chi connectivity index (χ0v) is 27.3. The molecule has 1 saturated heterocycles. The molecule has 0 radical (unpaired) electrons. The van der Waals surface area contributed by atoms with Gasteiger partial charge in [0.1, 0.15) is 11.4 Å². The van der Waals surface area contributed by atoms with E-state index in [9.17, 15) is 9.59 Å². The van der Waals surface area contributed by atoms with Crippen molar-refractivity contribution in [3.05, 3.63) is 58.1 Å². The number of anilines is 2. The van der Waals surface area contributed by atoms with Gasteiger partial charge in [0.2, 0.25) is 0 Å². The van der Waals surface area contributed by atoms with Gasteiger partial charge in [0.25, 0.3) is 0 Å². The van der Waals surface area contributed by atoms with Gasteiger partial charge < -0.3 is 15.0 Å². The van der Waals surface area contributed by atoms with Crippen LogP contribution in [0.5, 0.6) is 0 Å². The summed E-state index contributed by atoms with van der Waals surface area (Å²) in [5.74, 6) is 2.13. The normalized spacial score (nSPS) is 23.7. The number of likely N-dealkylation sites (tertiary alicyclic amines) is 1. The number of hydrogen-bond donors (Lipinski definition) is 1. The molecule has 3 aliphatic rings. The highest BCUT2D eigenvalue weighted by molar-refractivity contribution is 6.34. The fraction of sp³-hybridized carbons (Fsp3) is 0.571. The number of halogens is 1. The minimum Gasteiger partial charge on any atom is -0.444 e. The summed E-state index contributed by atoms with van der Waals surface area (Å²) in [6.45, 7) is 13.5. The number of aldehydes is 1. The number of fused-ring (bicyclic) bond motifs is 1. The predicted octanol–water partition coefficient (Wildman–Crippen LogP) is 7.87. The molecule has 2 aromatic carbocycles. The lowest BCUT2D eigenvalue weighted by Crippen LogP contribution is -2.43. The SMILES string of the molecule is CN=C1N(c2cccc(Cl)c2C=O)c2ccc(C3CCN(CC4CCC(NC(=O)OC(C)(C)C)CC4)CC3)cc2C1(C)C. The van der Waals surface area contributed by atoms with Crippen LogP contribution in [0.3, 0.4) is 0 Å². The van der Waals surface area contributed by atoms with Gasteiger partial charge in [0.05, 0.1) is 22.0 Å². The summed E-state index contributed by atoms with van der Waals surface area (Å²) in [4.78, 5) is 33.6. The maximum Gasteiger partial charge on any atom is 0.407 e. The van der Waals surface area contributed by atoms with Crippen molar-refractivity contribution in [2.45, 2.75) is 96.1 Å². The Labute approximate surface area is 262 Å². The van der Waals surface area contributed by atoms with E-state index in [-0.39, 0.29) is 17.6 Å². The van der Waals surface area contributed by atoms with Gasteiger partial charge in [-0.2, -0.15) is 0 Å². The van der Waals surface area contributed by atoms with Crippen LogP contribution in [0.4, 0.5) is 16.2 Å². The van der Waals surface area contributed by atoms with E-state index in [0.717, 1.165) is 81.7 Å². The number of hydrogen-bond acceptors (Lipinski definition) is 5. The number of nitrogens with zero attached hydrogens (tertiary/aromatic N) is 3. The third-order valence-corrected chi connectivity index (χ3v) is 9.78. The first kappa shape index (κ1) is 31.5. The Morgan fingerprint density at radius 3 is 2.40 bits per heavy atom. The number of carbonyl (C=O) groups is 2. The molecule has 2 heterocycles. The molecule has 1 aliphatic carbocycles. The quantitative estimate of drug-likeness (QED) is 0.339. The Balaban J connectivity index is 1.20. The zero-order chi connectivity index (χ0) is 30.9. The molecule has 0 unspecified atom stereocenters. The summed E-state index contributed by atoms with van der Waals surface area (Å²) in [5.41, 5.74) is 4.17. The van der Waals surface area contributed by atoms with Crippen LogP contribution in [-0.2, 0) is 10.2 Å². The molecular formula is C35H47ClN4O3. The standard InChI is InChI=1S/C35H47ClN4O3/c1-34(2,3)43-33(42)38-26-13-10-23(11-14-26)21-39-18-16-24(17-19-39)25-12-15-31-28(20-25)35(4,5)32(37-6)40(31)30-9-7-8-29(36)27(30)22-41/h7-9,12,15,20,22-24,26H,10-11,13-14,16-19,21H2,1-6H3,(H,38,42). The second-order valence-electron chi connectivity index (χ2n) is 14.0. The number of amides is 1. The van der Waals surface area contributed by atoms with E-state index in [1.165, 1.54) is 11.1 Å². The van der Waals surface area contributed by atoms with Gasteiger partial charge in [-0.15, -0.1) is 0 Å². The average molecular weight is 607 g/mol. The molecule has 2 fully saturated rings. The number of nitrogens with one attached hydrogen (secondary N) is 1. The van der Waals surface area contributed by atoms with Crippen molar-refractivity contribution in [3.63, 3.8) is 0 Å². The number of carbonyl (C=O) groups excluding carboxylic acids is 2. The Morgan fingerprint density at radius 1 is 1.07 bits per heavy atom. The van der Waals surface area contributed by atoms with Crippen molar-refractivity contribution >= 4 is 41.2 Å². The monoisotopic (exact) mass is 606 g/mol. The minimum atomic E-state index is -0.464. The second kappa shape index (κ2) is 12.6. The molecule has 8 heteroatoms. The second-order valence-corrected chi connectivity index (χ2v) is 14.4. The van der Waals surface area contributed by atoms with Crippen LogP contribution in [0.25, 0.3) is 0 Å². The number of aliphatic imine (C=N–C) groups is 1. The maximum absolute atomic E-state index is 12.2. The highest BCUT2D eigenvalue weighted by Crippen LogP contribution is 2.48. The van der Waals surface area contributed by atoms with Crippen LogP contribution in [0.2, 0.25) is 5.02 Å². The summed E-state index contributed by atoms with van der Waals surface area (Å²) in [6.07, 6.45) is 7.18. The molecule has 2 aliphatic heterocycles. The third-order valence-electron chi connectivity index (χ3n) is 9.45. The van der Waals surface area contributed by atoms with Crippen LogP contribution < -0.4 is 10.2 Å². The highest BCUT2D eigenvalue weighted by atomic mass is 35.5. The smallest absolute Gasteiger partial charge is 0.407 e. The molecule has 1 N–H and O–H groups in total. The number of alkyl carbamates (subject to hydrolysis) is 1.